The third-order valence-corrected chi connectivity index (χ3v) is 6.32. The number of para-hydroxylation sites is 1. The van der Waals surface area contributed by atoms with E-state index in [0.717, 1.165) is 51.2 Å². The first-order valence-electron chi connectivity index (χ1n) is 11.1. The standard InChI is InChI=1S/C27H28N4O2S/c1-31(2)16-6-15-29-24(32)14-11-20-17-30-27(28)25-23(18-34-26(20)25)19-9-12-22(13-10-19)33-21-7-4-3-5-8-21/h3-5,7-14,17-18H,6,15-16H2,1-2H3,(H2,28,30)(H,29,32). The van der Waals surface area contributed by atoms with E-state index in [9.17, 15) is 4.79 Å². The number of aromatic nitrogens is 1. The molecule has 7 heteroatoms. The van der Waals surface area contributed by atoms with Gasteiger partial charge in [-0.25, -0.2) is 4.98 Å². The second-order valence-electron chi connectivity index (χ2n) is 8.17. The summed E-state index contributed by atoms with van der Waals surface area (Å²) in [7, 11) is 4.03. The number of nitrogens with zero attached hydrogens (tertiary/aromatic N) is 2. The molecule has 2 aromatic heterocycles. The Bertz CT molecular complexity index is 1280. The number of nitrogens with two attached hydrogens (primary N) is 1. The van der Waals surface area contributed by atoms with Crippen molar-refractivity contribution in [1.29, 1.82) is 0 Å². The number of anilines is 1. The molecule has 0 saturated carbocycles. The lowest BCUT2D eigenvalue weighted by atomic mass is 10.0. The maximum atomic E-state index is 12.2. The minimum absolute atomic E-state index is 0.116. The topological polar surface area (TPSA) is 80.5 Å². The molecule has 4 aromatic rings. The predicted molar refractivity (Wildman–Crippen MR) is 141 cm³/mol. The van der Waals surface area contributed by atoms with Crippen LogP contribution in [0.2, 0.25) is 0 Å². The quantitative estimate of drug-likeness (QED) is 0.251. The van der Waals surface area contributed by atoms with Gasteiger partial charge in [0.25, 0.3) is 0 Å². The molecule has 2 heterocycles. The Kier molecular flexibility index (Phi) is 7.57. The number of amides is 1. The predicted octanol–water partition coefficient (Wildman–Crippen LogP) is 5.42. The molecule has 0 unspecified atom stereocenters. The summed E-state index contributed by atoms with van der Waals surface area (Å²) in [6.45, 7) is 1.58. The highest BCUT2D eigenvalue weighted by Gasteiger charge is 2.13. The average molecular weight is 473 g/mol. The largest absolute Gasteiger partial charge is 0.457 e. The number of benzene rings is 2. The van der Waals surface area contributed by atoms with Gasteiger partial charge in [0.05, 0.1) is 0 Å². The second kappa shape index (κ2) is 11.0. The molecule has 1 amide bonds. The van der Waals surface area contributed by atoms with E-state index in [0.29, 0.717) is 12.4 Å². The minimum Gasteiger partial charge on any atom is -0.457 e. The van der Waals surface area contributed by atoms with Crippen molar-refractivity contribution in [2.45, 2.75) is 6.42 Å². The molecule has 0 aliphatic heterocycles. The molecule has 0 radical (unpaired) electrons. The number of thiophene rings is 1. The van der Waals surface area contributed by atoms with Crippen molar-refractivity contribution in [3.8, 4) is 22.6 Å². The van der Waals surface area contributed by atoms with Gasteiger partial charge in [0.1, 0.15) is 17.3 Å². The van der Waals surface area contributed by atoms with E-state index in [1.807, 2.05) is 68.7 Å². The van der Waals surface area contributed by atoms with Crippen molar-refractivity contribution in [1.82, 2.24) is 15.2 Å². The zero-order chi connectivity index (χ0) is 23.9. The van der Waals surface area contributed by atoms with Gasteiger partial charge in [0, 0.05) is 40.0 Å². The summed E-state index contributed by atoms with van der Waals surface area (Å²) in [5, 5.41) is 5.89. The molecule has 0 bridgehead atoms. The molecule has 0 saturated heterocycles. The molecule has 0 spiro atoms. The zero-order valence-electron chi connectivity index (χ0n) is 19.3. The van der Waals surface area contributed by atoms with Gasteiger partial charge in [-0.1, -0.05) is 30.3 Å². The molecule has 4 rings (SSSR count). The first kappa shape index (κ1) is 23.5. The molecule has 2 aromatic carbocycles. The van der Waals surface area contributed by atoms with E-state index in [1.165, 1.54) is 0 Å². The third kappa shape index (κ3) is 5.81. The summed E-state index contributed by atoms with van der Waals surface area (Å²) in [5.74, 6) is 1.92. The molecule has 0 aliphatic carbocycles. The molecule has 0 fully saturated rings. The van der Waals surface area contributed by atoms with Crippen LogP contribution >= 0.6 is 11.3 Å². The number of ether oxygens (including phenoxy) is 1. The Morgan fingerprint density at radius 2 is 1.85 bits per heavy atom. The molecular weight excluding hydrogens is 444 g/mol. The molecule has 3 N–H and O–H groups in total. The minimum atomic E-state index is -0.116. The van der Waals surface area contributed by atoms with Gasteiger partial charge in [-0.15, -0.1) is 11.3 Å². The fourth-order valence-corrected chi connectivity index (χ4v) is 4.66. The molecule has 174 valence electrons. The van der Waals surface area contributed by atoms with Crippen LogP contribution in [0.25, 0.3) is 27.3 Å². The van der Waals surface area contributed by atoms with Crippen LogP contribution in [0, 0.1) is 0 Å². The van der Waals surface area contributed by atoms with E-state index >= 15 is 0 Å². The number of hydrogen-bond donors (Lipinski definition) is 2. The van der Waals surface area contributed by atoms with E-state index in [4.69, 9.17) is 10.5 Å². The van der Waals surface area contributed by atoms with Crippen LogP contribution in [-0.2, 0) is 4.79 Å². The fraction of sp³-hybridized carbons (Fsp3) is 0.185. The van der Waals surface area contributed by atoms with Crippen LogP contribution in [0.4, 0.5) is 5.82 Å². The number of carbonyl (C=O) groups is 1. The van der Waals surface area contributed by atoms with Crippen LogP contribution in [0.1, 0.15) is 12.0 Å². The normalized spacial score (nSPS) is 11.4. The van der Waals surface area contributed by atoms with Crippen LogP contribution in [0.5, 0.6) is 11.5 Å². The van der Waals surface area contributed by atoms with E-state index in [2.05, 4.69) is 20.6 Å². The highest BCUT2D eigenvalue weighted by Crippen LogP contribution is 2.39. The van der Waals surface area contributed by atoms with Gasteiger partial charge in [-0.05, 0) is 68.3 Å². The third-order valence-electron chi connectivity index (χ3n) is 5.29. The highest BCUT2D eigenvalue weighted by atomic mass is 32.1. The SMILES string of the molecule is CN(C)CCCNC(=O)C=Cc1cnc(N)c2c(-c3ccc(Oc4ccccc4)cc3)csc12. The molecule has 6 nitrogen and oxygen atoms in total. The summed E-state index contributed by atoms with van der Waals surface area (Å²) < 4.78 is 6.90. The number of rotatable bonds is 9. The van der Waals surface area contributed by atoms with Crippen molar-refractivity contribution in [2.75, 3.05) is 32.9 Å². The van der Waals surface area contributed by atoms with Gasteiger partial charge in [0.2, 0.25) is 5.91 Å². The first-order chi connectivity index (χ1) is 16.5. The van der Waals surface area contributed by atoms with Crippen molar-refractivity contribution in [3.05, 3.63) is 77.8 Å². The number of nitrogens with one attached hydrogen (secondary N) is 1. The molecule has 0 aliphatic rings. The number of nitrogen functional groups attached to an aromatic ring is 1. The zero-order valence-corrected chi connectivity index (χ0v) is 20.1. The number of carbonyl (C=O) groups excluding carboxylic acids is 1. The first-order valence-corrected chi connectivity index (χ1v) is 12.0. The van der Waals surface area contributed by atoms with E-state index in [1.54, 1.807) is 29.7 Å². The van der Waals surface area contributed by atoms with Crippen molar-refractivity contribution in [3.63, 3.8) is 0 Å². The Morgan fingerprint density at radius 1 is 1.12 bits per heavy atom. The monoisotopic (exact) mass is 472 g/mol. The van der Waals surface area contributed by atoms with Crippen molar-refractivity contribution >= 4 is 39.2 Å². The van der Waals surface area contributed by atoms with Gasteiger partial charge >= 0.3 is 0 Å². The summed E-state index contributed by atoms with van der Waals surface area (Å²) in [6.07, 6.45) is 5.97. The molecule has 34 heavy (non-hydrogen) atoms. The van der Waals surface area contributed by atoms with Crippen molar-refractivity contribution < 1.29 is 9.53 Å². The van der Waals surface area contributed by atoms with Gasteiger partial charge < -0.3 is 20.7 Å². The second-order valence-corrected chi connectivity index (χ2v) is 9.05. The van der Waals surface area contributed by atoms with E-state index in [-0.39, 0.29) is 5.91 Å². The number of pyridine rings is 1. The fourth-order valence-electron chi connectivity index (χ4n) is 3.58. The average Bonchev–Trinajstić information content (AvgIpc) is 3.29. The lowest BCUT2D eigenvalue weighted by Crippen LogP contribution is -2.25. The maximum Gasteiger partial charge on any atom is 0.244 e. The van der Waals surface area contributed by atoms with Crippen LogP contribution in [-0.4, -0.2) is 43.0 Å². The summed E-state index contributed by atoms with van der Waals surface area (Å²) in [4.78, 5) is 18.7. The summed E-state index contributed by atoms with van der Waals surface area (Å²) in [6, 6.07) is 17.6. The van der Waals surface area contributed by atoms with Crippen molar-refractivity contribution in [2.24, 2.45) is 0 Å². The Labute approximate surface area is 203 Å². The smallest absolute Gasteiger partial charge is 0.244 e. The summed E-state index contributed by atoms with van der Waals surface area (Å²) >= 11 is 1.59. The Morgan fingerprint density at radius 3 is 2.59 bits per heavy atom. The summed E-state index contributed by atoms with van der Waals surface area (Å²) in [5.41, 5.74) is 9.17. The number of hydrogen-bond acceptors (Lipinski definition) is 6. The Hall–Kier alpha value is -3.68. The van der Waals surface area contributed by atoms with Crippen LogP contribution in [0.15, 0.2) is 72.3 Å². The van der Waals surface area contributed by atoms with Crippen LogP contribution in [0.3, 0.4) is 0 Å². The number of fused-ring (bicyclic) bond motifs is 1. The van der Waals surface area contributed by atoms with Gasteiger partial charge in [-0.3, -0.25) is 4.79 Å². The lowest BCUT2D eigenvalue weighted by Gasteiger charge is -2.09. The maximum absolute atomic E-state index is 12.2. The van der Waals surface area contributed by atoms with Gasteiger partial charge in [-0.2, -0.15) is 0 Å². The van der Waals surface area contributed by atoms with Gasteiger partial charge in [0.15, 0.2) is 0 Å². The Balaban J connectivity index is 1.51. The van der Waals surface area contributed by atoms with E-state index < -0.39 is 0 Å². The van der Waals surface area contributed by atoms with Crippen LogP contribution < -0.4 is 15.8 Å². The molecule has 0 atom stereocenters. The molecular formula is C27H28N4O2S. The lowest BCUT2D eigenvalue weighted by molar-refractivity contribution is -0.116. The highest BCUT2D eigenvalue weighted by molar-refractivity contribution is 7.18.